The number of thiophene rings is 1. The van der Waals surface area contributed by atoms with Crippen molar-refractivity contribution < 1.29 is 32.6 Å². The Kier molecular flexibility index (Phi) is 7.98. The first-order valence-electron chi connectivity index (χ1n) is 10.6. The number of amides is 1. The number of ether oxygens (including phenoxy) is 1. The number of hydrogen-bond donors (Lipinski definition) is 1. The van der Waals surface area contributed by atoms with E-state index in [-0.39, 0.29) is 5.60 Å². The molecule has 1 amide bonds. The number of rotatable bonds is 4. The molecule has 1 unspecified atom stereocenters. The second-order valence-electron chi connectivity index (χ2n) is 8.57. The lowest BCUT2D eigenvalue weighted by Gasteiger charge is -2.38. The third kappa shape index (κ3) is 6.92. The van der Waals surface area contributed by atoms with Crippen molar-refractivity contribution in [2.45, 2.75) is 56.8 Å². The van der Waals surface area contributed by atoms with Gasteiger partial charge in [-0.05, 0) is 60.4 Å². The van der Waals surface area contributed by atoms with Crippen molar-refractivity contribution in [3.05, 3.63) is 22.4 Å². The number of carbonyl (C=O) groups excluding carboxylic acids is 1. The molecule has 3 aliphatic heterocycles. The van der Waals surface area contributed by atoms with E-state index in [4.69, 9.17) is 14.6 Å². The van der Waals surface area contributed by atoms with Gasteiger partial charge < -0.3 is 14.7 Å². The third-order valence-corrected chi connectivity index (χ3v) is 6.94. The Morgan fingerprint density at radius 3 is 2.39 bits per heavy atom. The quantitative estimate of drug-likeness (QED) is 0.738. The molecule has 1 spiro atoms. The number of halogens is 3. The van der Waals surface area contributed by atoms with Crippen molar-refractivity contribution in [3.63, 3.8) is 0 Å². The van der Waals surface area contributed by atoms with E-state index in [2.05, 4.69) is 26.6 Å². The van der Waals surface area contributed by atoms with Crippen LogP contribution in [-0.2, 0) is 20.9 Å². The molecule has 1 aromatic heterocycles. The van der Waals surface area contributed by atoms with Gasteiger partial charge >= 0.3 is 12.1 Å². The second-order valence-corrected chi connectivity index (χ2v) is 9.35. The van der Waals surface area contributed by atoms with Crippen LogP contribution >= 0.6 is 11.3 Å². The Labute approximate surface area is 184 Å². The molecule has 3 aliphatic rings. The van der Waals surface area contributed by atoms with E-state index in [0.717, 1.165) is 58.6 Å². The summed E-state index contributed by atoms with van der Waals surface area (Å²) in [6, 6.07) is 2.22. The number of piperidine rings is 1. The lowest BCUT2D eigenvalue weighted by molar-refractivity contribution is -0.192. The summed E-state index contributed by atoms with van der Waals surface area (Å²) in [7, 11) is 0. The van der Waals surface area contributed by atoms with Crippen LogP contribution in [0.3, 0.4) is 0 Å². The highest BCUT2D eigenvalue weighted by Crippen LogP contribution is 2.40. The van der Waals surface area contributed by atoms with E-state index < -0.39 is 12.1 Å². The Hall–Kier alpha value is -1.65. The molecule has 3 fully saturated rings. The van der Waals surface area contributed by atoms with Crippen LogP contribution in [0.4, 0.5) is 13.2 Å². The standard InChI is InChI=1S/C19H28N2O2S.C2HF3O2/c22-18(21-6-1-2-7-21)11-17-12-19(23-14-17)4-8-20(9-5-19)13-16-3-10-24-15-16;3-2(4,5)1(6)7/h3,10,15,17H,1-2,4-9,11-14H2;(H,6,7). The van der Waals surface area contributed by atoms with Crippen LogP contribution in [0, 0.1) is 5.92 Å². The van der Waals surface area contributed by atoms with Gasteiger partial charge in [-0.1, -0.05) is 0 Å². The van der Waals surface area contributed by atoms with Crippen molar-refractivity contribution in [1.82, 2.24) is 9.80 Å². The van der Waals surface area contributed by atoms with Crippen LogP contribution in [0.1, 0.15) is 44.1 Å². The Morgan fingerprint density at radius 2 is 1.84 bits per heavy atom. The van der Waals surface area contributed by atoms with Gasteiger partial charge in [0.25, 0.3) is 0 Å². The molecule has 1 aromatic rings. The minimum atomic E-state index is -5.08. The summed E-state index contributed by atoms with van der Waals surface area (Å²) in [6.45, 7) is 6.01. The first kappa shape index (κ1) is 24.0. The Morgan fingerprint density at radius 1 is 1.19 bits per heavy atom. The van der Waals surface area contributed by atoms with Gasteiger partial charge in [0.2, 0.25) is 5.91 Å². The number of nitrogens with zero attached hydrogens (tertiary/aromatic N) is 2. The molecule has 31 heavy (non-hydrogen) atoms. The highest BCUT2D eigenvalue weighted by Gasteiger charge is 2.43. The summed E-state index contributed by atoms with van der Waals surface area (Å²) >= 11 is 1.78. The van der Waals surface area contributed by atoms with Gasteiger partial charge in [-0.15, -0.1) is 0 Å². The maximum atomic E-state index is 12.4. The average Bonchev–Trinajstić information content (AvgIpc) is 3.47. The zero-order valence-corrected chi connectivity index (χ0v) is 18.2. The molecule has 0 aromatic carbocycles. The van der Waals surface area contributed by atoms with Crippen molar-refractivity contribution in [2.24, 2.45) is 5.92 Å². The third-order valence-electron chi connectivity index (χ3n) is 6.20. The zero-order chi connectivity index (χ0) is 22.5. The molecule has 0 aliphatic carbocycles. The summed E-state index contributed by atoms with van der Waals surface area (Å²) in [5.41, 5.74) is 1.48. The maximum Gasteiger partial charge on any atom is 0.490 e. The molecular formula is C21H29F3N2O4S. The maximum absolute atomic E-state index is 12.4. The molecular weight excluding hydrogens is 433 g/mol. The number of likely N-dealkylation sites (tertiary alicyclic amines) is 2. The van der Waals surface area contributed by atoms with Crippen molar-refractivity contribution in [3.8, 4) is 0 Å². The van der Waals surface area contributed by atoms with E-state index in [1.807, 2.05) is 0 Å². The first-order valence-corrected chi connectivity index (χ1v) is 11.6. The second kappa shape index (κ2) is 10.3. The fourth-order valence-electron chi connectivity index (χ4n) is 4.52. The predicted molar refractivity (Wildman–Crippen MR) is 110 cm³/mol. The van der Waals surface area contributed by atoms with E-state index in [0.29, 0.717) is 18.2 Å². The van der Waals surface area contributed by atoms with Crippen LogP contribution in [-0.4, -0.2) is 71.3 Å². The molecule has 4 rings (SSSR count). The van der Waals surface area contributed by atoms with Gasteiger partial charge in [0.05, 0.1) is 12.2 Å². The molecule has 10 heteroatoms. The van der Waals surface area contributed by atoms with Gasteiger partial charge in [0, 0.05) is 39.1 Å². The van der Waals surface area contributed by atoms with Gasteiger partial charge in [0.1, 0.15) is 0 Å². The lowest BCUT2D eigenvalue weighted by atomic mass is 9.84. The molecule has 1 atom stereocenters. The largest absolute Gasteiger partial charge is 0.490 e. The Balaban J connectivity index is 0.000000339. The molecule has 174 valence electrons. The number of carbonyl (C=O) groups is 2. The number of carboxylic acid groups (broad SMARTS) is 1. The normalized spacial score (nSPS) is 23.6. The monoisotopic (exact) mass is 462 g/mol. The van der Waals surface area contributed by atoms with E-state index in [1.165, 1.54) is 18.4 Å². The van der Waals surface area contributed by atoms with Crippen LogP contribution in [0.2, 0.25) is 0 Å². The van der Waals surface area contributed by atoms with Gasteiger partial charge in [-0.2, -0.15) is 24.5 Å². The summed E-state index contributed by atoms with van der Waals surface area (Å²) in [4.78, 5) is 25.9. The smallest absolute Gasteiger partial charge is 0.475 e. The van der Waals surface area contributed by atoms with Crippen molar-refractivity contribution >= 4 is 23.2 Å². The van der Waals surface area contributed by atoms with E-state index >= 15 is 0 Å². The average molecular weight is 463 g/mol. The number of hydrogen-bond acceptors (Lipinski definition) is 5. The molecule has 6 nitrogen and oxygen atoms in total. The van der Waals surface area contributed by atoms with Crippen LogP contribution in [0.15, 0.2) is 16.8 Å². The molecule has 0 bridgehead atoms. The minimum Gasteiger partial charge on any atom is -0.475 e. The summed E-state index contributed by atoms with van der Waals surface area (Å²) in [5, 5.41) is 11.5. The lowest BCUT2D eigenvalue weighted by Crippen LogP contribution is -2.43. The SMILES string of the molecule is O=C(CC1COC2(CCN(Cc3ccsc3)CC2)C1)N1CCCC1.O=C(O)C(F)(F)F. The number of carboxylic acids is 1. The molecule has 0 saturated carbocycles. The molecule has 4 heterocycles. The predicted octanol–water partition coefficient (Wildman–Crippen LogP) is 3.77. The first-order chi connectivity index (χ1) is 14.7. The fraction of sp³-hybridized carbons (Fsp3) is 0.714. The topological polar surface area (TPSA) is 70.1 Å². The Bertz CT molecular complexity index is 727. The van der Waals surface area contributed by atoms with Crippen LogP contribution < -0.4 is 0 Å². The zero-order valence-electron chi connectivity index (χ0n) is 17.4. The highest BCUT2D eigenvalue weighted by molar-refractivity contribution is 7.07. The summed E-state index contributed by atoms with van der Waals surface area (Å²) < 4.78 is 38.0. The molecule has 1 N–H and O–H groups in total. The number of aliphatic carboxylic acids is 1. The number of alkyl halides is 3. The van der Waals surface area contributed by atoms with Crippen LogP contribution in [0.25, 0.3) is 0 Å². The minimum absolute atomic E-state index is 0.0566. The van der Waals surface area contributed by atoms with Gasteiger partial charge in [-0.3, -0.25) is 9.69 Å². The van der Waals surface area contributed by atoms with E-state index in [9.17, 15) is 18.0 Å². The van der Waals surface area contributed by atoms with Gasteiger partial charge in [-0.25, -0.2) is 4.79 Å². The van der Waals surface area contributed by atoms with E-state index in [1.54, 1.807) is 11.3 Å². The highest BCUT2D eigenvalue weighted by atomic mass is 32.1. The summed E-state index contributed by atoms with van der Waals surface area (Å²) in [5.74, 6) is -1.97. The molecule has 3 saturated heterocycles. The summed E-state index contributed by atoms with van der Waals surface area (Å²) in [6.07, 6.45) is 1.28. The van der Waals surface area contributed by atoms with Crippen molar-refractivity contribution in [1.29, 1.82) is 0 Å². The molecule has 0 radical (unpaired) electrons. The van der Waals surface area contributed by atoms with Crippen molar-refractivity contribution in [2.75, 3.05) is 32.8 Å². The van der Waals surface area contributed by atoms with Crippen LogP contribution in [0.5, 0.6) is 0 Å². The van der Waals surface area contributed by atoms with Gasteiger partial charge in [0.15, 0.2) is 0 Å². The fourth-order valence-corrected chi connectivity index (χ4v) is 5.18.